The highest BCUT2D eigenvalue weighted by Crippen LogP contribution is 2.28. The summed E-state index contributed by atoms with van der Waals surface area (Å²) < 4.78 is 18.3. The van der Waals surface area contributed by atoms with Crippen LogP contribution in [0, 0.1) is 6.92 Å². The molecular weight excluding hydrogens is 398 g/mol. The maximum absolute atomic E-state index is 12.7. The smallest absolute Gasteiger partial charge is 0.375 e. The minimum Gasteiger partial charge on any atom is -0.489 e. The molecule has 0 aliphatic carbocycles. The number of carbonyl (C=O) groups is 2. The van der Waals surface area contributed by atoms with E-state index in [1.165, 1.54) is 4.68 Å². The van der Waals surface area contributed by atoms with Gasteiger partial charge in [-0.1, -0.05) is 36.4 Å². The molecule has 1 amide bonds. The number of hydrogen-bond acceptors (Lipinski definition) is 6. The van der Waals surface area contributed by atoms with Crippen LogP contribution in [0.15, 0.2) is 65.1 Å². The number of aryl methyl sites for hydroxylation is 2. The van der Waals surface area contributed by atoms with Crippen molar-refractivity contribution in [1.29, 1.82) is 0 Å². The highest BCUT2D eigenvalue weighted by Gasteiger charge is 2.23. The van der Waals surface area contributed by atoms with Gasteiger partial charge in [0, 0.05) is 18.5 Å². The standard InChI is InChI=1S/C23H21N3O5/c1-15-12-20(26(2)25-15)24-21(27)14-30-23(28)22-18(13-29-16-8-4-3-5-9-16)17-10-6-7-11-19(17)31-22/h3-12H,13-14H2,1-2H3,(H,24,27). The fourth-order valence-electron chi connectivity index (χ4n) is 3.18. The number of hydrogen-bond donors (Lipinski definition) is 1. The molecule has 0 aliphatic rings. The predicted molar refractivity (Wildman–Crippen MR) is 114 cm³/mol. The Kier molecular flexibility index (Phi) is 5.70. The van der Waals surface area contributed by atoms with E-state index in [4.69, 9.17) is 13.9 Å². The molecule has 0 spiro atoms. The van der Waals surface area contributed by atoms with Gasteiger partial charge in [-0.05, 0) is 25.1 Å². The zero-order valence-electron chi connectivity index (χ0n) is 17.1. The van der Waals surface area contributed by atoms with E-state index in [0.29, 0.717) is 22.7 Å². The first kappa shape index (κ1) is 20.2. The number of fused-ring (bicyclic) bond motifs is 1. The lowest BCUT2D eigenvalue weighted by Crippen LogP contribution is -2.22. The summed E-state index contributed by atoms with van der Waals surface area (Å²) in [5.41, 5.74) is 1.86. The summed E-state index contributed by atoms with van der Waals surface area (Å²) >= 11 is 0. The van der Waals surface area contributed by atoms with Gasteiger partial charge in [-0.15, -0.1) is 0 Å². The van der Waals surface area contributed by atoms with Crippen molar-refractivity contribution in [3.05, 3.63) is 77.7 Å². The van der Waals surface area contributed by atoms with Crippen molar-refractivity contribution >= 4 is 28.7 Å². The van der Waals surface area contributed by atoms with Gasteiger partial charge in [0.2, 0.25) is 5.76 Å². The van der Waals surface area contributed by atoms with E-state index < -0.39 is 18.5 Å². The molecule has 0 aliphatic heterocycles. The molecule has 0 saturated carbocycles. The number of esters is 1. The van der Waals surface area contributed by atoms with Gasteiger partial charge in [-0.2, -0.15) is 5.10 Å². The van der Waals surface area contributed by atoms with Crippen molar-refractivity contribution < 1.29 is 23.5 Å². The lowest BCUT2D eigenvalue weighted by atomic mass is 10.1. The van der Waals surface area contributed by atoms with Crippen molar-refractivity contribution in [1.82, 2.24) is 9.78 Å². The number of ether oxygens (including phenoxy) is 2. The molecule has 0 unspecified atom stereocenters. The highest BCUT2D eigenvalue weighted by molar-refractivity contribution is 5.98. The SMILES string of the molecule is Cc1cc(NC(=O)COC(=O)c2oc3ccccc3c2COc2ccccc2)n(C)n1. The van der Waals surface area contributed by atoms with Gasteiger partial charge in [0.15, 0.2) is 6.61 Å². The monoisotopic (exact) mass is 419 g/mol. The molecule has 0 fully saturated rings. The third-order valence-corrected chi connectivity index (χ3v) is 4.61. The topological polar surface area (TPSA) is 95.6 Å². The van der Waals surface area contributed by atoms with Crippen molar-refractivity contribution in [3.8, 4) is 5.75 Å². The molecule has 0 atom stereocenters. The van der Waals surface area contributed by atoms with Crippen molar-refractivity contribution in [2.75, 3.05) is 11.9 Å². The first-order valence-electron chi connectivity index (χ1n) is 9.67. The molecule has 0 bridgehead atoms. The quantitative estimate of drug-likeness (QED) is 0.457. The summed E-state index contributed by atoms with van der Waals surface area (Å²) in [6, 6.07) is 18.2. The molecule has 8 nitrogen and oxygen atoms in total. The first-order valence-corrected chi connectivity index (χ1v) is 9.67. The van der Waals surface area contributed by atoms with E-state index in [0.717, 1.165) is 11.1 Å². The van der Waals surface area contributed by atoms with Gasteiger partial charge < -0.3 is 19.2 Å². The maximum Gasteiger partial charge on any atom is 0.375 e. The number of rotatable bonds is 7. The van der Waals surface area contributed by atoms with Crippen LogP contribution in [-0.2, 0) is 23.2 Å². The number of furan rings is 1. The minimum atomic E-state index is -0.737. The number of nitrogens with zero attached hydrogens (tertiary/aromatic N) is 2. The maximum atomic E-state index is 12.7. The summed E-state index contributed by atoms with van der Waals surface area (Å²) in [4.78, 5) is 24.9. The van der Waals surface area contributed by atoms with Crippen LogP contribution in [0.25, 0.3) is 11.0 Å². The van der Waals surface area contributed by atoms with Crippen LogP contribution in [0.4, 0.5) is 5.82 Å². The minimum absolute atomic E-state index is 0.0151. The second-order valence-corrected chi connectivity index (χ2v) is 6.93. The van der Waals surface area contributed by atoms with Gasteiger partial charge >= 0.3 is 5.97 Å². The van der Waals surface area contributed by atoms with Gasteiger partial charge in [0.25, 0.3) is 5.91 Å². The average molecular weight is 419 g/mol. The fraction of sp³-hybridized carbons (Fsp3) is 0.174. The fourth-order valence-corrected chi connectivity index (χ4v) is 3.18. The van der Waals surface area contributed by atoms with Crippen LogP contribution in [0.3, 0.4) is 0 Å². The van der Waals surface area contributed by atoms with E-state index in [-0.39, 0.29) is 12.4 Å². The Morgan fingerprint density at radius 1 is 1.10 bits per heavy atom. The van der Waals surface area contributed by atoms with Crippen LogP contribution >= 0.6 is 0 Å². The zero-order valence-corrected chi connectivity index (χ0v) is 17.1. The molecule has 2 aromatic carbocycles. The van der Waals surface area contributed by atoms with Gasteiger partial charge in [-0.3, -0.25) is 9.48 Å². The first-order chi connectivity index (χ1) is 15.0. The summed E-state index contributed by atoms with van der Waals surface area (Å²) in [7, 11) is 1.71. The van der Waals surface area contributed by atoms with Crippen molar-refractivity contribution in [2.24, 2.45) is 7.05 Å². The number of para-hydroxylation sites is 2. The van der Waals surface area contributed by atoms with Gasteiger partial charge in [0.05, 0.1) is 11.3 Å². The zero-order chi connectivity index (χ0) is 21.8. The van der Waals surface area contributed by atoms with Gasteiger partial charge in [-0.25, -0.2) is 4.79 Å². The Hall–Kier alpha value is -4.07. The number of benzene rings is 2. The van der Waals surface area contributed by atoms with E-state index in [1.807, 2.05) is 55.5 Å². The second-order valence-electron chi connectivity index (χ2n) is 6.93. The number of nitrogens with one attached hydrogen (secondary N) is 1. The number of amides is 1. The Balaban J connectivity index is 1.48. The summed E-state index contributed by atoms with van der Waals surface area (Å²) in [5, 5.41) is 7.56. The van der Waals surface area contributed by atoms with Gasteiger partial charge in [0.1, 0.15) is 23.8 Å². The molecule has 4 aromatic rings. The van der Waals surface area contributed by atoms with Crippen LogP contribution in [-0.4, -0.2) is 28.3 Å². The van der Waals surface area contributed by atoms with E-state index in [2.05, 4.69) is 10.4 Å². The Labute approximate surface area is 178 Å². The summed E-state index contributed by atoms with van der Waals surface area (Å²) in [5.74, 6) is -0.0211. The number of carbonyl (C=O) groups excluding carboxylic acids is 2. The average Bonchev–Trinajstić information content (AvgIpc) is 3.30. The Morgan fingerprint density at radius 3 is 2.58 bits per heavy atom. The van der Waals surface area contributed by atoms with Crippen LogP contribution in [0.1, 0.15) is 21.8 Å². The molecule has 2 heterocycles. The van der Waals surface area contributed by atoms with Crippen LogP contribution in [0.2, 0.25) is 0 Å². The van der Waals surface area contributed by atoms with E-state index in [1.54, 1.807) is 19.2 Å². The molecule has 0 saturated heterocycles. The third-order valence-electron chi connectivity index (χ3n) is 4.61. The Bertz CT molecular complexity index is 1230. The summed E-state index contributed by atoms with van der Waals surface area (Å²) in [6.07, 6.45) is 0. The lowest BCUT2D eigenvalue weighted by molar-refractivity contribution is -0.119. The molecule has 1 N–H and O–H groups in total. The van der Waals surface area contributed by atoms with Crippen molar-refractivity contribution in [3.63, 3.8) is 0 Å². The normalized spacial score (nSPS) is 10.8. The van der Waals surface area contributed by atoms with Crippen LogP contribution < -0.4 is 10.1 Å². The number of anilines is 1. The van der Waals surface area contributed by atoms with Crippen LogP contribution in [0.5, 0.6) is 5.75 Å². The molecular formula is C23H21N3O5. The molecule has 8 heteroatoms. The molecule has 0 radical (unpaired) electrons. The predicted octanol–water partition coefficient (Wildman–Crippen LogP) is 3.85. The second kappa shape index (κ2) is 8.74. The lowest BCUT2D eigenvalue weighted by Gasteiger charge is -2.08. The molecule has 4 rings (SSSR count). The number of aromatic nitrogens is 2. The van der Waals surface area contributed by atoms with E-state index >= 15 is 0 Å². The molecule has 2 aromatic heterocycles. The van der Waals surface area contributed by atoms with E-state index in [9.17, 15) is 9.59 Å². The Morgan fingerprint density at radius 2 is 1.84 bits per heavy atom. The molecule has 31 heavy (non-hydrogen) atoms. The highest BCUT2D eigenvalue weighted by atomic mass is 16.5. The third kappa shape index (κ3) is 4.58. The summed E-state index contributed by atoms with van der Waals surface area (Å²) in [6.45, 7) is 1.47. The largest absolute Gasteiger partial charge is 0.489 e. The molecule has 158 valence electrons. The van der Waals surface area contributed by atoms with Crippen molar-refractivity contribution in [2.45, 2.75) is 13.5 Å².